The van der Waals surface area contributed by atoms with Gasteiger partial charge in [-0.05, 0) is 30.5 Å². The number of aryl methyl sites for hydroxylation is 2. The molecule has 1 aliphatic rings. The van der Waals surface area contributed by atoms with Gasteiger partial charge in [-0.2, -0.15) is 0 Å². The molecule has 1 N–H and O–H groups in total. The Balaban J connectivity index is 1.72. The van der Waals surface area contributed by atoms with Crippen LogP contribution in [-0.2, 0) is 16.4 Å². The number of hydrogen-bond donors (Lipinski definition) is 1. The number of rotatable bonds is 5. The molecule has 0 aromatic heterocycles. The third-order valence-corrected chi connectivity index (χ3v) is 4.93. The summed E-state index contributed by atoms with van der Waals surface area (Å²) in [5.41, 5.74) is 2.33. The molecule has 0 saturated carbocycles. The molecule has 0 aliphatic carbocycles. The first-order chi connectivity index (χ1) is 11.0. The zero-order chi connectivity index (χ0) is 16.3. The van der Waals surface area contributed by atoms with E-state index in [9.17, 15) is 8.42 Å². The summed E-state index contributed by atoms with van der Waals surface area (Å²) in [6.07, 6.45) is 0.472. The number of anilines is 1. The lowest BCUT2D eigenvalue weighted by molar-refractivity contribution is 0.171. The molecule has 1 aliphatic heterocycles. The van der Waals surface area contributed by atoms with E-state index in [0.29, 0.717) is 36.8 Å². The van der Waals surface area contributed by atoms with Gasteiger partial charge in [-0.3, -0.25) is 4.72 Å². The van der Waals surface area contributed by atoms with E-state index in [0.717, 1.165) is 11.1 Å². The minimum absolute atomic E-state index is 0.0326. The molecule has 5 nitrogen and oxygen atoms in total. The second kappa shape index (κ2) is 6.50. The third kappa shape index (κ3) is 3.96. The van der Waals surface area contributed by atoms with E-state index in [1.807, 2.05) is 37.3 Å². The Labute approximate surface area is 136 Å². The first-order valence-corrected chi connectivity index (χ1v) is 9.13. The quantitative estimate of drug-likeness (QED) is 0.914. The molecule has 0 atom stereocenters. The summed E-state index contributed by atoms with van der Waals surface area (Å²) in [4.78, 5) is 0. The SMILES string of the molecule is Cc1cc2c(cc1NS(=O)(=O)CCc1ccccc1)OCCO2. The maximum atomic E-state index is 12.3. The minimum Gasteiger partial charge on any atom is -0.486 e. The molecule has 3 rings (SSSR count). The lowest BCUT2D eigenvalue weighted by Gasteiger charge is -2.20. The van der Waals surface area contributed by atoms with Gasteiger partial charge in [0.05, 0.1) is 11.4 Å². The highest BCUT2D eigenvalue weighted by atomic mass is 32.2. The molecule has 122 valence electrons. The van der Waals surface area contributed by atoms with Gasteiger partial charge in [0.25, 0.3) is 0 Å². The Morgan fingerprint density at radius 2 is 1.70 bits per heavy atom. The van der Waals surface area contributed by atoms with Crippen LogP contribution >= 0.6 is 0 Å². The fourth-order valence-electron chi connectivity index (χ4n) is 2.42. The first kappa shape index (κ1) is 15.7. The van der Waals surface area contributed by atoms with E-state index < -0.39 is 10.0 Å². The number of benzene rings is 2. The normalized spacial score (nSPS) is 13.6. The fourth-order valence-corrected chi connectivity index (χ4v) is 3.58. The van der Waals surface area contributed by atoms with Gasteiger partial charge in [0, 0.05) is 6.07 Å². The van der Waals surface area contributed by atoms with Crippen LogP contribution in [0.15, 0.2) is 42.5 Å². The van der Waals surface area contributed by atoms with Crippen molar-refractivity contribution < 1.29 is 17.9 Å². The number of nitrogens with one attached hydrogen (secondary N) is 1. The van der Waals surface area contributed by atoms with Gasteiger partial charge in [0.1, 0.15) is 13.2 Å². The zero-order valence-electron chi connectivity index (χ0n) is 12.9. The van der Waals surface area contributed by atoms with Crippen LogP contribution < -0.4 is 14.2 Å². The molecule has 0 bridgehead atoms. The molecule has 0 unspecified atom stereocenters. The fraction of sp³-hybridized carbons (Fsp3) is 0.294. The van der Waals surface area contributed by atoms with E-state index in [1.54, 1.807) is 12.1 Å². The highest BCUT2D eigenvalue weighted by Gasteiger charge is 2.17. The summed E-state index contributed by atoms with van der Waals surface area (Å²) in [6.45, 7) is 2.82. The van der Waals surface area contributed by atoms with Gasteiger partial charge in [0.15, 0.2) is 11.5 Å². The summed E-state index contributed by atoms with van der Waals surface area (Å²) in [6, 6.07) is 13.0. The van der Waals surface area contributed by atoms with Gasteiger partial charge >= 0.3 is 0 Å². The second-order valence-electron chi connectivity index (χ2n) is 5.47. The molecule has 0 radical (unpaired) electrons. The first-order valence-electron chi connectivity index (χ1n) is 7.48. The van der Waals surface area contributed by atoms with Crippen molar-refractivity contribution in [3.05, 3.63) is 53.6 Å². The average molecular weight is 333 g/mol. The average Bonchev–Trinajstić information content (AvgIpc) is 2.55. The Morgan fingerprint density at radius 1 is 1.04 bits per heavy atom. The van der Waals surface area contributed by atoms with Crippen LogP contribution in [0.3, 0.4) is 0 Å². The van der Waals surface area contributed by atoms with Crippen molar-refractivity contribution in [2.45, 2.75) is 13.3 Å². The molecule has 0 saturated heterocycles. The van der Waals surface area contributed by atoms with Crippen LogP contribution in [0.25, 0.3) is 0 Å². The summed E-state index contributed by atoms with van der Waals surface area (Å²) in [5, 5.41) is 0. The van der Waals surface area contributed by atoms with E-state index in [2.05, 4.69) is 4.72 Å². The standard InChI is InChI=1S/C17H19NO4S/c1-13-11-16-17(22-9-8-21-16)12-15(13)18-23(19,20)10-7-14-5-3-2-4-6-14/h2-6,11-12,18H,7-10H2,1H3. The third-order valence-electron chi connectivity index (χ3n) is 3.66. The zero-order valence-corrected chi connectivity index (χ0v) is 13.7. The Kier molecular flexibility index (Phi) is 4.43. The summed E-state index contributed by atoms with van der Waals surface area (Å²) in [7, 11) is -3.43. The highest BCUT2D eigenvalue weighted by Crippen LogP contribution is 2.35. The van der Waals surface area contributed by atoms with Crippen LogP contribution in [-0.4, -0.2) is 27.4 Å². The van der Waals surface area contributed by atoms with Crippen LogP contribution in [0.4, 0.5) is 5.69 Å². The second-order valence-corrected chi connectivity index (χ2v) is 7.31. The predicted molar refractivity (Wildman–Crippen MR) is 89.7 cm³/mol. The van der Waals surface area contributed by atoms with Gasteiger partial charge in [-0.1, -0.05) is 30.3 Å². The van der Waals surface area contributed by atoms with E-state index in [-0.39, 0.29) is 5.75 Å². The monoisotopic (exact) mass is 333 g/mol. The molecule has 0 spiro atoms. The van der Waals surface area contributed by atoms with Gasteiger partial charge in [0.2, 0.25) is 10.0 Å². The van der Waals surface area contributed by atoms with Crippen LogP contribution in [0.1, 0.15) is 11.1 Å². The topological polar surface area (TPSA) is 64.6 Å². The summed E-state index contributed by atoms with van der Waals surface area (Å²) in [5.74, 6) is 1.26. The van der Waals surface area contributed by atoms with E-state index in [1.165, 1.54) is 0 Å². The van der Waals surface area contributed by atoms with E-state index >= 15 is 0 Å². The maximum absolute atomic E-state index is 12.3. The smallest absolute Gasteiger partial charge is 0.233 e. The molecule has 6 heteroatoms. The summed E-state index contributed by atoms with van der Waals surface area (Å²) < 4.78 is 38.3. The van der Waals surface area contributed by atoms with Crippen molar-refractivity contribution in [2.75, 3.05) is 23.7 Å². The Hall–Kier alpha value is -2.21. The molecule has 0 amide bonds. The molecule has 2 aromatic carbocycles. The van der Waals surface area contributed by atoms with Gasteiger partial charge in [-0.15, -0.1) is 0 Å². The molecule has 23 heavy (non-hydrogen) atoms. The minimum atomic E-state index is -3.43. The van der Waals surface area contributed by atoms with E-state index in [4.69, 9.17) is 9.47 Å². The number of fused-ring (bicyclic) bond motifs is 1. The molecule has 1 heterocycles. The van der Waals surface area contributed by atoms with Crippen molar-refractivity contribution in [1.29, 1.82) is 0 Å². The summed E-state index contributed by atoms with van der Waals surface area (Å²) >= 11 is 0. The van der Waals surface area contributed by atoms with Crippen molar-refractivity contribution in [2.24, 2.45) is 0 Å². The Morgan fingerprint density at radius 3 is 2.39 bits per heavy atom. The van der Waals surface area contributed by atoms with Crippen LogP contribution in [0, 0.1) is 6.92 Å². The number of hydrogen-bond acceptors (Lipinski definition) is 4. The molecule has 2 aromatic rings. The Bertz CT molecular complexity index is 788. The van der Waals surface area contributed by atoms with Crippen molar-refractivity contribution in [1.82, 2.24) is 0 Å². The number of sulfonamides is 1. The van der Waals surface area contributed by atoms with Crippen molar-refractivity contribution in [3.8, 4) is 11.5 Å². The van der Waals surface area contributed by atoms with Gasteiger partial charge < -0.3 is 9.47 Å². The largest absolute Gasteiger partial charge is 0.486 e. The number of ether oxygens (including phenoxy) is 2. The van der Waals surface area contributed by atoms with Crippen LogP contribution in [0.2, 0.25) is 0 Å². The molecular formula is C17H19NO4S. The van der Waals surface area contributed by atoms with Crippen LogP contribution in [0.5, 0.6) is 11.5 Å². The van der Waals surface area contributed by atoms with Crippen molar-refractivity contribution >= 4 is 15.7 Å². The highest BCUT2D eigenvalue weighted by molar-refractivity contribution is 7.92. The molecular weight excluding hydrogens is 314 g/mol. The lowest BCUT2D eigenvalue weighted by atomic mass is 10.2. The predicted octanol–water partition coefficient (Wildman–Crippen LogP) is 2.75. The lowest BCUT2D eigenvalue weighted by Crippen LogP contribution is -2.20. The van der Waals surface area contributed by atoms with Gasteiger partial charge in [-0.25, -0.2) is 8.42 Å². The maximum Gasteiger partial charge on any atom is 0.233 e. The van der Waals surface area contributed by atoms with Crippen molar-refractivity contribution in [3.63, 3.8) is 0 Å². The molecule has 0 fully saturated rings.